The number of nitrogens with one attached hydrogen (secondary N) is 1. The van der Waals surface area contributed by atoms with Gasteiger partial charge in [-0.2, -0.15) is 0 Å². The van der Waals surface area contributed by atoms with Crippen LogP contribution in [0, 0.1) is 12.8 Å². The van der Waals surface area contributed by atoms with Crippen molar-refractivity contribution < 1.29 is 4.74 Å². The topological polar surface area (TPSA) is 21.3 Å². The Balaban J connectivity index is 2.11. The van der Waals surface area contributed by atoms with Crippen LogP contribution in [-0.4, -0.2) is 20.7 Å². The van der Waals surface area contributed by atoms with Gasteiger partial charge in [0, 0.05) is 0 Å². The molecule has 0 spiro atoms. The Morgan fingerprint density at radius 2 is 1.86 bits per heavy atom. The number of aryl methyl sites for hydroxylation is 1. The summed E-state index contributed by atoms with van der Waals surface area (Å²) >= 11 is 0. The van der Waals surface area contributed by atoms with E-state index in [2.05, 4.69) is 48.6 Å². The van der Waals surface area contributed by atoms with Crippen molar-refractivity contribution in [1.29, 1.82) is 0 Å². The van der Waals surface area contributed by atoms with Crippen molar-refractivity contribution in [3.8, 4) is 5.75 Å². The second-order valence-electron chi connectivity index (χ2n) is 5.63. The van der Waals surface area contributed by atoms with Gasteiger partial charge in [0.25, 0.3) is 0 Å². The normalized spacial score (nSPS) is 12.1. The highest BCUT2D eigenvalue weighted by Crippen LogP contribution is 2.23. The molecule has 0 aliphatic rings. The molecule has 112 valence electrons. The first-order chi connectivity index (χ1) is 10.2. The first-order valence-electron chi connectivity index (χ1n) is 7.55. The number of benzene rings is 2. The third-order valence-electron chi connectivity index (χ3n) is 3.80. The van der Waals surface area contributed by atoms with Gasteiger partial charge in [-0.25, -0.2) is 0 Å². The molecule has 0 aliphatic carbocycles. The molecule has 0 amide bonds. The van der Waals surface area contributed by atoms with E-state index >= 15 is 0 Å². The molecule has 1 N–H and O–H groups in total. The number of methoxy groups -OCH3 is 1. The van der Waals surface area contributed by atoms with Crippen LogP contribution < -0.4 is 10.1 Å². The van der Waals surface area contributed by atoms with E-state index in [1.165, 1.54) is 16.7 Å². The second kappa shape index (κ2) is 7.84. The van der Waals surface area contributed by atoms with E-state index in [9.17, 15) is 0 Å². The highest BCUT2D eigenvalue weighted by Gasteiger charge is 2.13. The summed E-state index contributed by atoms with van der Waals surface area (Å²) in [7, 11) is 3.76. The maximum Gasteiger partial charge on any atom is 0.122 e. The first-order valence-corrected chi connectivity index (χ1v) is 7.55. The molecule has 1 unspecified atom stereocenters. The van der Waals surface area contributed by atoms with E-state index in [1.807, 2.05) is 19.2 Å². The molecule has 0 radical (unpaired) electrons. The van der Waals surface area contributed by atoms with Crippen LogP contribution in [0.15, 0.2) is 48.5 Å². The number of hydrogen-bond donors (Lipinski definition) is 1. The Kier molecular flexibility index (Phi) is 5.82. The minimum Gasteiger partial charge on any atom is -0.496 e. The second-order valence-corrected chi connectivity index (χ2v) is 5.63. The summed E-state index contributed by atoms with van der Waals surface area (Å²) in [4.78, 5) is 0. The zero-order valence-electron chi connectivity index (χ0n) is 13.2. The number of hydrogen-bond acceptors (Lipinski definition) is 2. The molecule has 0 saturated heterocycles. The molecule has 0 aromatic heterocycles. The highest BCUT2D eigenvalue weighted by molar-refractivity contribution is 5.34. The van der Waals surface area contributed by atoms with Crippen LogP contribution in [0.2, 0.25) is 0 Å². The van der Waals surface area contributed by atoms with Gasteiger partial charge in [0.05, 0.1) is 7.11 Å². The number of rotatable bonds is 7. The van der Waals surface area contributed by atoms with Gasteiger partial charge in [-0.05, 0) is 56.5 Å². The number of para-hydroxylation sites is 1. The minimum atomic E-state index is 0.563. The van der Waals surface area contributed by atoms with Gasteiger partial charge in [0.15, 0.2) is 0 Å². The maximum atomic E-state index is 5.47. The van der Waals surface area contributed by atoms with Crippen LogP contribution in [-0.2, 0) is 12.8 Å². The third-order valence-corrected chi connectivity index (χ3v) is 3.80. The summed E-state index contributed by atoms with van der Waals surface area (Å²) in [5.74, 6) is 1.55. The van der Waals surface area contributed by atoms with E-state index in [0.29, 0.717) is 5.92 Å². The SMILES string of the molecule is CNCC(Cc1cccc(C)c1)Cc1ccccc1OC. The number of ether oxygens (including phenoxy) is 1. The minimum absolute atomic E-state index is 0.563. The summed E-state index contributed by atoms with van der Waals surface area (Å²) in [5, 5.41) is 3.32. The average molecular weight is 283 g/mol. The molecular formula is C19H25NO. The largest absolute Gasteiger partial charge is 0.496 e. The Bertz CT molecular complexity index is 565. The van der Waals surface area contributed by atoms with E-state index in [-0.39, 0.29) is 0 Å². The molecule has 2 aromatic rings. The fourth-order valence-corrected chi connectivity index (χ4v) is 2.86. The average Bonchev–Trinajstić information content (AvgIpc) is 2.48. The molecule has 1 atom stereocenters. The van der Waals surface area contributed by atoms with Gasteiger partial charge in [-0.1, -0.05) is 48.0 Å². The van der Waals surface area contributed by atoms with Crippen molar-refractivity contribution in [3.05, 3.63) is 65.2 Å². The molecular weight excluding hydrogens is 258 g/mol. The summed E-state index contributed by atoms with van der Waals surface area (Å²) in [6.07, 6.45) is 2.11. The van der Waals surface area contributed by atoms with Crippen LogP contribution in [0.5, 0.6) is 5.75 Å². The van der Waals surface area contributed by atoms with E-state index in [0.717, 1.165) is 25.1 Å². The molecule has 0 saturated carbocycles. The quantitative estimate of drug-likeness (QED) is 0.838. The van der Waals surface area contributed by atoms with Crippen LogP contribution in [0.1, 0.15) is 16.7 Å². The van der Waals surface area contributed by atoms with Crippen molar-refractivity contribution in [2.24, 2.45) is 5.92 Å². The smallest absolute Gasteiger partial charge is 0.122 e. The third kappa shape index (κ3) is 4.61. The monoisotopic (exact) mass is 283 g/mol. The first kappa shape index (κ1) is 15.6. The Hall–Kier alpha value is -1.80. The molecule has 2 aromatic carbocycles. The summed E-state index contributed by atoms with van der Waals surface area (Å²) in [5.41, 5.74) is 4.02. The summed E-state index contributed by atoms with van der Waals surface area (Å²) in [6, 6.07) is 17.1. The molecule has 2 heteroatoms. The highest BCUT2D eigenvalue weighted by atomic mass is 16.5. The molecule has 0 fully saturated rings. The molecule has 0 bridgehead atoms. The van der Waals surface area contributed by atoms with E-state index < -0.39 is 0 Å². The Labute approximate surface area is 128 Å². The Morgan fingerprint density at radius 1 is 1.05 bits per heavy atom. The molecule has 0 heterocycles. The lowest BCUT2D eigenvalue weighted by atomic mass is 9.91. The van der Waals surface area contributed by atoms with Crippen LogP contribution in [0.4, 0.5) is 0 Å². The van der Waals surface area contributed by atoms with Gasteiger partial charge >= 0.3 is 0 Å². The molecule has 2 rings (SSSR count). The fraction of sp³-hybridized carbons (Fsp3) is 0.368. The summed E-state index contributed by atoms with van der Waals surface area (Å²) < 4.78 is 5.47. The van der Waals surface area contributed by atoms with Gasteiger partial charge in [0.1, 0.15) is 5.75 Å². The standard InChI is InChI=1S/C19H25NO/c1-15-7-6-8-16(11-15)12-17(14-20-2)13-18-9-4-5-10-19(18)21-3/h4-11,17,20H,12-14H2,1-3H3. The molecule has 21 heavy (non-hydrogen) atoms. The lowest BCUT2D eigenvalue weighted by Crippen LogP contribution is -2.23. The summed E-state index contributed by atoms with van der Waals surface area (Å²) in [6.45, 7) is 3.16. The van der Waals surface area contributed by atoms with Crippen LogP contribution in [0.3, 0.4) is 0 Å². The van der Waals surface area contributed by atoms with Gasteiger partial charge in [-0.3, -0.25) is 0 Å². The molecule has 2 nitrogen and oxygen atoms in total. The lowest BCUT2D eigenvalue weighted by molar-refractivity contribution is 0.402. The van der Waals surface area contributed by atoms with Crippen molar-refractivity contribution in [2.45, 2.75) is 19.8 Å². The fourth-order valence-electron chi connectivity index (χ4n) is 2.86. The van der Waals surface area contributed by atoms with Gasteiger partial charge < -0.3 is 10.1 Å². The van der Waals surface area contributed by atoms with E-state index in [1.54, 1.807) is 7.11 Å². The molecule has 0 aliphatic heterocycles. The van der Waals surface area contributed by atoms with Crippen molar-refractivity contribution in [1.82, 2.24) is 5.32 Å². The van der Waals surface area contributed by atoms with E-state index in [4.69, 9.17) is 4.74 Å². The predicted octanol–water partition coefficient (Wildman–Crippen LogP) is 3.62. The zero-order valence-corrected chi connectivity index (χ0v) is 13.2. The van der Waals surface area contributed by atoms with Crippen LogP contribution in [0.25, 0.3) is 0 Å². The van der Waals surface area contributed by atoms with Crippen molar-refractivity contribution in [2.75, 3.05) is 20.7 Å². The van der Waals surface area contributed by atoms with Crippen molar-refractivity contribution in [3.63, 3.8) is 0 Å². The van der Waals surface area contributed by atoms with Crippen LogP contribution >= 0.6 is 0 Å². The Morgan fingerprint density at radius 3 is 2.57 bits per heavy atom. The van der Waals surface area contributed by atoms with Gasteiger partial charge in [-0.15, -0.1) is 0 Å². The predicted molar refractivity (Wildman–Crippen MR) is 89.0 cm³/mol. The van der Waals surface area contributed by atoms with Gasteiger partial charge in [0.2, 0.25) is 0 Å². The lowest BCUT2D eigenvalue weighted by Gasteiger charge is -2.18. The maximum absolute atomic E-state index is 5.47. The zero-order chi connectivity index (χ0) is 15.1. The van der Waals surface area contributed by atoms with Crippen molar-refractivity contribution >= 4 is 0 Å².